The Hall–Kier alpha value is -1.37. The maximum atomic E-state index is 9.48. The van der Waals surface area contributed by atoms with Gasteiger partial charge in [0.2, 0.25) is 5.71 Å². The molecule has 0 aliphatic rings. The first kappa shape index (κ1) is 5.63. The predicted octanol–water partition coefficient (Wildman–Crippen LogP) is -0.386. The number of carboxylic acid groups (broad SMARTS) is 1. The van der Waals surface area contributed by atoms with Gasteiger partial charge >= 0.3 is 5.97 Å². The monoisotopic (exact) mass is 98.0 g/mol. The van der Waals surface area contributed by atoms with Gasteiger partial charge in [0, 0.05) is 0 Å². The molecule has 36 valence electrons. The molecule has 0 radical (unpaired) electrons. The first-order valence-electron chi connectivity index (χ1n) is 1.40. The molecule has 7 heavy (non-hydrogen) atoms. The van der Waals surface area contributed by atoms with Gasteiger partial charge < -0.3 is 5.11 Å². The number of hydrogen-bond acceptors (Lipinski definition) is 3. The highest BCUT2D eigenvalue weighted by Gasteiger charge is 2.01. The summed E-state index contributed by atoms with van der Waals surface area (Å²) in [6.45, 7) is 0. The van der Waals surface area contributed by atoms with Crippen LogP contribution < -0.4 is 0 Å². The molecular weight excluding hydrogens is 96.0 g/mol. The summed E-state index contributed by atoms with van der Waals surface area (Å²) < 4.78 is 0. The molecule has 2 N–H and O–H groups in total. The van der Waals surface area contributed by atoms with Gasteiger partial charge in [-0.05, 0) is 0 Å². The van der Waals surface area contributed by atoms with Crippen molar-refractivity contribution in [3.63, 3.8) is 0 Å². The molecule has 0 aromatic carbocycles. The van der Waals surface area contributed by atoms with E-state index in [-0.39, 0.29) is 0 Å². The highest BCUT2D eigenvalue weighted by molar-refractivity contribution is 6.40. The predicted molar refractivity (Wildman–Crippen MR) is 21.0 cm³/mol. The molecular formula is C3H2N2O2. The van der Waals surface area contributed by atoms with E-state index in [0.29, 0.717) is 0 Å². The van der Waals surface area contributed by atoms with E-state index in [2.05, 4.69) is 0 Å². The van der Waals surface area contributed by atoms with Crippen LogP contribution in [-0.2, 0) is 4.79 Å². The lowest BCUT2D eigenvalue weighted by Gasteiger charge is -1.74. The van der Waals surface area contributed by atoms with Gasteiger partial charge in [-0.25, -0.2) is 4.79 Å². The Balaban J connectivity index is 3.90. The molecule has 0 aromatic rings. The smallest absolute Gasteiger partial charge is 0.364 e. The van der Waals surface area contributed by atoms with Gasteiger partial charge in [-0.2, -0.15) is 5.26 Å². The highest BCUT2D eigenvalue weighted by atomic mass is 16.4. The topological polar surface area (TPSA) is 84.9 Å². The highest BCUT2D eigenvalue weighted by Crippen LogP contribution is 1.64. The molecule has 0 heterocycles. The Morgan fingerprint density at radius 2 is 2.29 bits per heavy atom. The zero-order valence-corrected chi connectivity index (χ0v) is 3.30. The molecule has 0 saturated heterocycles. The molecule has 0 saturated carbocycles. The summed E-state index contributed by atoms with van der Waals surface area (Å²) in [6.07, 6.45) is 0. The molecule has 0 unspecified atom stereocenters. The lowest BCUT2D eigenvalue weighted by Crippen LogP contribution is -2.07. The second-order valence-electron chi connectivity index (χ2n) is 0.792. The van der Waals surface area contributed by atoms with Crippen molar-refractivity contribution in [2.75, 3.05) is 0 Å². The number of carbonyl (C=O) groups is 1. The quantitative estimate of drug-likeness (QED) is 0.438. The van der Waals surface area contributed by atoms with Gasteiger partial charge in [0.25, 0.3) is 0 Å². The third-order valence-electron chi connectivity index (χ3n) is 0.326. The fraction of sp³-hybridized carbons (Fsp3) is 0. The number of rotatable bonds is 1. The first-order valence-corrected chi connectivity index (χ1v) is 1.40. The molecule has 0 bridgehead atoms. The summed E-state index contributed by atoms with van der Waals surface area (Å²) in [6, 6.07) is 1.15. The summed E-state index contributed by atoms with van der Waals surface area (Å²) in [5, 5.41) is 21.6. The van der Waals surface area contributed by atoms with E-state index >= 15 is 0 Å². The van der Waals surface area contributed by atoms with E-state index < -0.39 is 11.7 Å². The van der Waals surface area contributed by atoms with Crippen molar-refractivity contribution in [3.8, 4) is 6.07 Å². The molecule has 0 aliphatic carbocycles. The van der Waals surface area contributed by atoms with Gasteiger partial charge in [0.05, 0.1) is 0 Å². The molecule has 0 aromatic heterocycles. The second-order valence-corrected chi connectivity index (χ2v) is 0.792. The summed E-state index contributed by atoms with van der Waals surface area (Å²) >= 11 is 0. The van der Waals surface area contributed by atoms with E-state index in [1.165, 1.54) is 0 Å². The Morgan fingerprint density at radius 1 is 1.86 bits per heavy atom. The van der Waals surface area contributed by atoms with Crippen molar-refractivity contribution < 1.29 is 9.90 Å². The van der Waals surface area contributed by atoms with Crippen LogP contribution in [0.2, 0.25) is 0 Å². The first-order chi connectivity index (χ1) is 3.18. The zero-order chi connectivity index (χ0) is 5.86. The van der Waals surface area contributed by atoms with Crippen molar-refractivity contribution in [3.05, 3.63) is 0 Å². The molecule has 0 spiro atoms. The molecule has 0 rings (SSSR count). The van der Waals surface area contributed by atoms with E-state index in [4.69, 9.17) is 15.8 Å². The SMILES string of the molecule is N#CC(=N)C(=O)O. The van der Waals surface area contributed by atoms with Crippen molar-refractivity contribution in [1.82, 2.24) is 0 Å². The van der Waals surface area contributed by atoms with Crippen molar-refractivity contribution >= 4 is 11.7 Å². The normalized spacial score (nSPS) is 6.71. The number of nitrogens with zero attached hydrogens (tertiary/aromatic N) is 1. The van der Waals surface area contributed by atoms with Gasteiger partial charge in [-0.15, -0.1) is 0 Å². The van der Waals surface area contributed by atoms with Crippen molar-refractivity contribution in [2.45, 2.75) is 0 Å². The maximum absolute atomic E-state index is 9.48. The van der Waals surface area contributed by atoms with E-state index in [1.807, 2.05) is 0 Å². The van der Waals surface area contributed by atoms with Crippen LogP contribution in [0.15, 0.2) is 0 Å². The third-order valence-corrected chi connectivity index (χ3v) is 0.326. The minimum absolute atomic E-state index is 0.931. The van der Waals surface area contributed by atoms with Crippen LogP contribution in [0.5, 0.6) is 0 Å². The van der Waals surface area contributed by atoms with Crippen LogP contribution in [0, 0.1) is 16.7 Å². The number of nitriles is 1. The second kappa shape index (κ2) is 1.92. The molecule has 4 heteroatoms. The van der Waals surface area contributed by atoms with E-state index in [0.717, 1.165) is 6.07 Å². The number of carboxylic acids is 1. The van der Waals surface area contributed by atoms with Gasteiger partial charge in [-0.1, -0.05) is 0 Å². The minimum atomic E-state index is -1.48. The van der Waals surface area contributed by atoms with Crippen LogP contribution in [0.3, 0.4) is 0 Å². The lowest BCUT2D eigenvalue weighted by atomic mass is 10.4. The molecule has 0 aliphatic heterocycles. The van der Waals surface area contributed by atoms with Crippen LogP contribution in [0.1, 0.15) is 0 Å². The van der Waals surface area contributed by atoms with Gasteiger partial charge in [0.1, 0.15) is 6.07 Å². The molecule has 0 atom stereocenters. The largest absolute Gasteiger partial charge is 0.476 e. The van der Waals surface area contributed by atoms with Crippen LogP contribution in [0.25, 0.3) is 0 Å². The average molecular weight is 98.1 g/mol. The molecule has 4 nitrogen and oxygen atoms in total. The fourth-order valence-electron chi connectivity index (χ4n) is 0.0478. The van der Waals surface area contributed by atoms with Gasteiger partial charge in [-0.3, -0.25) is 5.41 Å². The van der Waals surface area contributed by atoms with E-state index in [9.17, 15) is 4.79 Å². The Kier molecular flexibility index (Phi) is 1.55. The average Bonchev–Trinajstić information content (AvgIpc) is 1.65. The van der Waals surface area contributed by atoms with E-state index in [1.54, 1.807) is 0 Å². The molecule has 0 fully saturated rings. The Labute approximate surface area is 39.5 Å². The summed E-state index contributed by atoms with van der Waals surface area (Å²) in [5.74, 6) is -1.48. The summed E-state index contributed by atoms with van der Waals surface area (Å²) in [5.41, 5.74) is -0.931. The fourth-order valence-corrected chi connectivity index (χ4v) is 0.0478. The Morgan fingerprint density at radius 3 is 2.29 bits per heavy atom. The van der Waals surface area contributed by atoms with Gasteiger partial charge in [0.15, 0.2) is 0 Å². The van der Waals surface area contributed by atoms with Crippen molar-refractivity contribution in [2.24, 2.45) is 0 Å². The van der Waals surface area contributed by atoms with Crippen LogP contribution in [0.4, 0.5) is 0 Å². The van der Waals surface area contributed by atoms with Crippen LogP contribution >= 0.6 is 0 Å². The maximum Gasteiger partial charge on any atom is 0.364 e. The number of hydrogen-bond donors (Lipinski definition) is 2. The summed E-state index contributed by atoms with van der Waals surface area (Å²) in [7, 11) is 0. The standard InChI is InChI=1S/C3H2N2O2/c4-1-2(5)3(6)7/h5H,(H,6,7). The Bertz CT molecular complexity index is 144. The number of nitrogens with one attached hydrogen (secondary N) is 1. The zero-order valence-electron chi connectivity index (χ0n) is 3.30. The van der Waals surface area contributed by atoms with Crippen molar-refractivity contribution in [1.29, 1.82) is 10.7 Å². The number of aliphatic carboxylic acids is 1. The third kappa shape index (κ3) is 1.49. The summed E-state index contributed by atoms with van der Waals surface area (Å²) in [4.78, 5) is 9.48. The minimum Gasteiger partial charge on any atom is -0.476 e. The molecule has 0 amide bonds. The lowest BCUT2D eigenvalue weighted by molar-refractivity contribution is -0.129. The van der Waals surface area contributed by atoms with Crippen LogP contribution in [-0.4, -0.2) is 16.8 Å².